The highest BCUT2D eigenvalue weighted by Gasteiger charge is 2.18. The zero-order valence-electron chi connectivity index (χ0n) is 17.0. The molecule has 0 saturated carbocycles. The number of rotatable bonds is 5. The first kappa shape index (κ1) is 21.0. The highest BCUT2D eigenvalue weighted by atomic mass is 35.5. The lowest BCUT2D eigenvalue weighted by Crippen LogP contribution is -2.37. The van der Waals surface area contributed by atoms with Gasteiger partial charge in [-0.05, 0) is 36.8 Å². The summed E-state index contributed by atoms with van der Waals surface area (Å²) in [4.78, 5) is 15.9. The zero-order valence-corrected chi connectivity index (χ0v) is 17.8. The molecular weight excluding hydrogens is 420 g/mol. The summed E-state index contributed by atoms with van der Waals surface area (Å²) < 4.78 is 16.3. The van der Waals surface area contributed by atoms with Crippen LogP contribution in [-0.2, 0) is 4.74 Å². The number of morpholine rings is 1. The summed E-state index contributed by atoms with van der Waals surface area (Å²) in [5, 5.41) is 6.54. The Kier molecular flexibility index (Phi) is 6.24. The summed E-state index contributed by atoms with van der Waals surface area (Å²) in [5.41, 5.74) is 2.88. The molecule has 1 saturated heterocycles. The Hall–Kier alpha value is -3.30. The second-order valence-electron chi connectivity index (χ2n) is 7.07. The van der Waals surface area contributed by atoms with Crippen LogP contribution in [0.5, 0.6) is 11.5 Å². The molecule has 0 amide bonds. The molecule has 5 rings (SSSR count). The molecular formula is C21H23ClN6O3. The molecule has 2 aliphatic heterocycles. The van der Waals surface area contributed by atoms with E-state index in [0.29, 0.717) is 36.8 Å². The van der Waals surface area contributed by atoms with Crippen molar-refractivity contribution in [3.05, 3.63) is 48.0 Å². The van der Waals surface area contributed by atoms with E-state index in [-0.39, 0.29) is 19.2 Å². The van der Waals surface area contributed by atoms with E-state index >= 15 is 0 Å². The van der Waals surface area contributed by atoms with Crippen LogP contribution >= 0.6 is 12.4 Å². The molecule has 9 nitrogen and oxygen atoms in total. The Morgan fingerprint density at radius 1 is 0.839 bits per heavy atom. The van der Waals surface area contributed by atoms with Gasteiger partial charge in [0.1, 0.15) is 0 Å². The summed E-state index contributed by atoms with van der Waals surface area (Å²) in [6.45, 7) is 5.05. The summed E-state index contributed by atoms with van der Waals surface area (Å²) in [6.07, 6.45) is 0. The van der Waals surface area contributed by atoms with E-state index in [1.165, 1.54) is 0 Å². The van der Waals surface area contributed by atoms with Crippen molar-refractivity contribution in [3.63, 3.8) is 0 Å². The largest absolute Gasteiger partial charge is 0.454 e. The molecule has 0 bridgehead atoms. The van der Waals surface area contributed by atoms with Crippen molar-refractivity contribution >= 4 is 41.6 Å². The van der Waals surface area contributed by atoms with E-state index in [9.17, 15) is 0 Å². The van der Waals surface area contributed by atoms with E-state index < -0.39 is 0 Å². The van der Waals surface area contributed by atoms with Gasteiger partial charge in [-0.1, -0.05) is 12.1 Å². The number of hydrogen-bond acceptors (Lipinski definition) is 9. The van der Waals surface area contributed by atoms with Crippen molar-refractivity contribution in [3.8, 4) is 11.5 Å². The van der Waals surface area contributed by atoms with Gasteiger partial charge in [-0.15, -0.1) is 12.4 Å². The molecule has 1 aromatic heterocycles. The van der Waals surface area contributed by atoms with E-state index in [1.54, 1.807) is 0 Å². The fourth-order valence-corrected chi connectivity index (χ4v) is 3.34. The van der Waals surface area contributed by atoms with Crippen molar-refractivity contribution in [1.82, 2.24) is 15.0 Å². The third-order valence-corrected chi connectivity index (χ3v) is 4.82. The number of benzene rings is 2. The van der Waals surface area contributed by atoms with E-state index in [1.807, 2.05) is 49.4 Å². The summed E-state index contributed by atoms with van der Waals surface area (Å²) in [6, 6.07) is 13.7. The van der Waals surface area contributed by atoms with Gasteiger partial charge in [0.05, 0.1) is 13.2 Å². The molecule has 0 spiro atoms. The van der Waals surface area contributed by atoms with Gasteiger partial charge in [-0.3, -0.25) is 0 Å². The van der Waals surface area contributed by atoms with E-state index in [2.05, 4.69) is 30.5 Å². The molecule has 3 aromatic rings. The first-order chi connectivity index (χ1) is 14.7. The Balaban J connectivity index is 0.00000231. The third kappa shape index (κ3) is 4.89. The summed E-state index contributed by atoms with van der Waals surface area (Å²) in [5.74, 6) is 2.94. The Morgan fingerprint density at radius 3 is 2.29 bits per heavy atom. The van der Waals surface area contributed by atoms with Crippen molar-refractivity contribution in [2.75, 3.05) is 48.6 Å². The van der Waals surface area contributed by atoms with E-state index in [0.717, 1.165) is 35.8 Å². The van der Waals surface area contributed by atoms with Crippen LogP contribution in [0.3, 0.4) is 0 Å². The van der Waals surface area contributed by atoms with Gasteiger partial charge in [0.2, 0.25) is 24.6 Å². The molecule has 31 heavy (non-hydrogen) atoms. The van der Waals surface area contributed by atoms with Crippen LogP contribution in [0, 0.1) is 6.92 Å². The minimum Gasteiger partial charge on any atom is -0.454 e. The second kappa shape index (κ2) is 9.23. The average molecular weight is 443 g/mol. The number of nitrogens with one attached hydrogen (secondary N) is 2. The van der Waals surface area contributed by atoms with Crippen LogP contribution in [0.1, 0.15) is 5.56 Å². The van der Waals surface area contributed by atoms with Gasteiger partial charge in [0.15, 0.2) is 11.5 Å². The molecule has 3 heterocycles. The third-order valence-electron chi connectivity index (χ3n) is 4.82. The van der Waals surface area contributed by atoms with Gasteiger partial charge in [-0.2, -0.15) is 15.0 Å². The molecule has 162 valence electrons. The normalized spacial score (nSPS) is 14.7. The molecule has 0 unspecified atom stereocenters. The van der Waals surface area contributed by atoms with Gasteiger partial charge in [0.25, 0.3) is 0 Å². The maximum Gasteiger partial charge on any atom is 0.233 e. The maximum atomic E-state index is 5.46. The van der Waals surface area contributed by atoms with Crippen molar-refractivity contribution < 1.29 is 14.2 Å². The number of nitrogens with zero attached hydrogens (tertiary/aromatic N) is 4. The maximum absolute atomic E-state index is 5.46. The summed E-state index contributed by atoms with van der Waals surface area (Å²) in [7, 11) is 0. The van der Waals surface area contributed by atoms with Crippen LogP contribution in [0.15, 0.2) is 42.5 Å². The molecule has 1 fully saturated rings. The molecule has 2 N–H and O–H groups in total. The van der Waals surface area contributed by atoms with Crippen molar-refractivity contribution in [2.24, 2.45) is 0 Å². The Bertz CT molecular complexity index is 1060. The molecule has 0 aliphatic carbocycles. The molecule has 2 aromatic carbocycles. The number of halogens is 1. The smallest absolute Gasteiger partial charge is 0.233 e. The molecule has 10 heteroatoms. The number of aryl methyl sites for hydroxylation is 1. The Morgan fingerprint density at radius 2 is 1.55 bits per heavy atom. The average Bonchev–Trinajstić information content (AvgIpc) is 3.22. The Labute approximate surface area is 186 Å². The predicted molar refractivity (Wildman–Crippen MR) is 120 cm³/mol. The quantitative estimate of drug-likeness (QED) is 0.613. The number of aromatic nitrogens is 3. The van der Waals surface area contributed by atoms with E-state index in [4.69, 9.17) is 14.2 Å². The highest BCUT2D eigenvalue weighted by Crippen LogP contribution is 2.35. The topological polar surface area (TPSA) is 93.7 Å². The fraction of sp³-hybridized carbons (Fsp3) is 0.286. The number of fused-ring (bicyclic) bond motifs is 1. The molecule has 0 radical (unpaired) electrons. The minimum atomic E-state index is 0. The van der Waals surface area contributed by atoms with Crippen molar-refractivity contribution in [1.29, 1.82) is 0 Å². The van der Waals surface area contributed by atoms with Crippen molar-refractivity contribution in [2.45, 2.75) is 6.92 Å². The highest BCUT2D eigenvalue weighted by molar-refractivity contribution is 5.85. The fourth-order valence-electron chi connectivity index (χ4n) is 3.34. The lowest BCUT2D eigenvalue weighted by molar-refractivity contribution is 0.122. The summed E-state index contributed by atoms with van der Waals surface area (Å²) >= 11 is 0. The van der Waals surface area contributed by atoms with Gasteiger partial charge < -0.3 is 29.7 Å². The molecule has 0 atom stereocenters. The van der Waals surface area contributed by atoms with Gasteiger partial charge in [-0.25, -0.2) is 0 Å². The van der Waals surface area contributed by atoms with Crippen LogP contribution in [-0.4, -0.2) is 48.0 Å². The number of anilines is 5. The van der Waals surface area contributed by atoms with Gasteiger partial charge in [0, 0.05) is 30.5 Å². The molecule has 2 aliphatic rings. The van der Waals surface area contributed by atoms with Gasteiger partial charge >= 0.3 is 0 Å². The second-order valence-corrected chi connectivity index (χ2v) is 7.07. The lowest BCUT2D eigenvalue weighted by atomic mass is 10.2. The monoisotopic (exact) mass is 442 g/mol. The number of hydrogen-bond donors (Lipinski definition) is 2. The predicted octanol–water partition coefficient (Wildman–Crippen LogP) is 3.65. The number of ether oxygens (including phenoxy) is 3. The minimum absolute atomic E-state index is 0. The standard InChI is InChI=1S/C21H22N6O3.ClH/c1-14-3-2-4-15(11-14)22-19-24-20(26-21(25-19)27-7-9-28-10-8-27)23-16-5-6-17-18(12-16)30-13-29-17;/h2-6,11-12H,7-10,13H2,1H3,(H2,22,23,24,25,26);1H. The zero-order chi connectivity index (χ0) is 20.3. The SMILES string of the molecule is Cc1cccc(Nc2nc(Nc3ccc4c(c3)OCO4)nc(N3CCOCC3)n2)c1.Cl. The van der Waals surface area contributed by atoms with Crippen LogP contribution in [0.2, 0.25) is 0 Å². The van der Waals surface area contributed by atoms with Crippen LogP contribution in [0.25, 0.3) is 0 Å². The van der Waals surface area contributed by atoms with Crippen LogP contribution in [0.4, 0.5) is 29.2 Å². The van der Waals surface area contributed by atoms with Crippen LogP contribution < -0.4 is 25.0 Å². The first-order valence-electron chi connectivity index (χ1n) is 9.82. The lowest BCUT2D eigenvalue weighted by Gasteiger charge is -2.27. The first-order valence-corrected chi connectivity index (χ1v) is 9.82.